The van der Waals surface area contributed by atoms with Gasteiger partial charge in [-0.1, -0.05) is 0 Å². The van der Waals surface area contributed by atoms with E-state index in [1.165, 1.54) is 16.2 Å². The highest BCUT2D eigenvalue weighted by Gasteiger charge is 2.26. The average Bonchev–Trinajstić information content (AvgIpc) is 3.03. The van der Waals surface area contributed by atoms with Crippen molar-refractivity contribution in [3.63, 3.8) is 0 Å². The number of anilines is 1. The van der Waals surface area contributed by atoms with Gasteiger partial charge in [0.1, 0.15) is 18.1 Å². The number of thiophene rings is 1. The van der Waals surface area contributed by atoms with Gasteiger partial charge in [-0.15, -0.1) is 11.3 Å². The minimum atomic E-state index is -0.755. The molecule has 2 heterocycles. The Hall–Kier alpha value is -1.97. The smallest absolute Gasteiger partial charge is 0.314 e. The van der Waals surface area contributed by atoms with E-state index < -0.39 is 17.7 Å². The van der Waals surface area contributed by atoms with Crippen LogP contribution in [0.2, 0.25) is 0 Å². The van der Waals surface area contributed by atoms with Gasteiger partial charge in [0.15, 0.2) is 0 Å². The standard InChI is InChI=1S/C18H26N4O4S/c19-15(23)14-12-4-1-2-5-13(12)27-18(14)21-17(25)16(24)20-6-3-7-22-8-10-26-11-9-22/h1-11H2,(H2,19,23)(H,20,24)(H,21,25)/p+1. The summed E-state index contributed by atoms with van der Waals surface area (Å²) in [5, 5.41) is 5.63. The monoisotopic (exact) mass is 395 g/mol. The topological polar surface area (TPSA) is 115 Å². The van der Waals surface area contributed by atoms with Crippen LogP contribution in [0.15, 0.2) is 0 Å². The van der Waals surface area contributed by atoms with E-state index in [0.717, 1.165) is 75.4 Å². The zero-order valence-electron chi connectivity index (χ0n) is 15.4. The van der Waals surface area contributed by atoms with Crippen molar-refractivity contribution in [1.82, 2.24) is 5.32 Å². The summed E-state index contributed by atoms with van der Waals surface area (Å²) in [4.78, 5) is 38.6. The van der Waals surface area contributed by atoms with Gasteiger partial charge >= 0.3 is 11.8 Å². The number of carbonyl (C=O) groups is 3. The largest absolute Gasteiger partial charge is 0.370 e. The lowest BCUT2D eigenvalue weighted by atomic mass is 9.95. The fourth-order valence-corrected chi connectivity index (χ4v) is 4.89. The quantitative estimate of drug-likeness (QED) is 0.369. The van der Waals surface area contributed by atoms with Crippen molar-refractivity contribution in [3.05, 3.63) is 16.0 Å². The molecule has 0 radical (unpaired) electrons. The number of quaternary nitrogens is 1. The molecule has 1 aromatic heterocycles. The van der Waals surface area contributed by atoms with Crippen molar-refractivity contribution in [1.29, 1.82) is 0 Å². The van der Waals surface area contributed by atoms with Gasteiger partial charge in [-0.25, -0.2) is 0 Å². The number of hydrogen-bond acceptors (Lipinski definition) is 5. The van der Waals surface area contributed by atoms with E-state index in [0.29, 0.717) is 17.1 Å². The Labute approximate surface area is 162 Å². The van der Waals surface area contributed by atoms with Gasteiger partial charge in [0, 0.05) is 17.8 Å². The molecule has 1 aliphatic carbocycles. The lowest BCUT2D eigenvalue weighted by Gasteiger charge is -2.23. The van der Waals surface area contributed by atoms with Crippen LogP contribution in [-0.2, 0) is 27.2 Å². The molecule has 8 nitrogen and oxygen atoms in total. The summed E-state index contributed by atoms with van der Waals surface area (Å²) in [6.45, 7) is 4.89. The number of morpholine rings is 1. The first-order chi connectivity index (χ1) is 13.1. The minimum Gasteiger partial charge on any atom is -0.370 e. The van der Waals surface area contributed by atoms with Crippen LogP contribution in [0.4, 0.5) is 5.00 Å². The Morgan fingerprint density at radius 3 is 2.59 bits per heavy atom. The molecular formula is C18H27N4O4S+. The number of carbonyl (C=O) groups excluding carboxylic acids is 3. The summed E-state index contributed by atoms with van der Waals surface area (Å²) in [5.74, 6) is -2.00. The molecule has 0 saturated carbocycles. The summed E-state index contributed by atoms with van der Waals surface area (Å²) in [6, 6.07) is 0. The first-order valence-corrected chi connectivity index (χ1v) is 10.3. The van der Waals surface area contributed by atoms with Gasteiger partial charge in [-0.2, -0.15) is 0 Å². The van der Waals surface area contributed by atoms with Gasteiger partial charge in [0.05, 0.1) is 25.3 Å². The van der Waals surface area contributed by atoms with Crippen molar-refractivity contribution < 1.29 is 24.0 Å². The summed E-state index contributed by atoms with van der Waals surface area (Å²) in [5.41, 5.74) is 6.81. The summed E-state index contributed by atoms with van der Waals surface area (Å²) >= 11 is 1.36. The lowest BCUT2D eigenvalue weighted by Crippen LogP contribution is -3.14. The van der Waals surface area contributed by atoms with Crippen molar-refractivity contribution in [3.8, 4) is 0 Å². The molecule has 0 bridgehead atoms. The van der Waals surface area contributed by atoms with Crippen LogP contribution in [0.5, 0.6) is 0 Å². The molecule has 148 valence electrons. The maximum Gasteiger partial charge on any atom is 0.314 e. The van der Waals surface area contributed by atoms with Gasteiger partial charge < -0.3 is 26.0 Å². The molecule has 0 aromatic carbocycles. The maximum atomic E-state index is 12.2. The number of hydrogen-bond donors (Lipinski definition) is 4. The SMILES string of the molecule is NC(=O)c1c(NC(=O)C(=O)NCCC[NH+]2CCOCC2)sc2c1CCCC2. The predicted molar refractivity (Wildman–Crippen MR) is 102 cm³/mol. The second-order valence-electron chi connectivity index (χ2n) is 6.96. The van der Waals surface area contributed by atoms with Crippen LogP contribution in [0.25, 0.3) is 0 Å². The molecule has 9 heteroatoms. The first-order valence-electron chi connectivity index (χ1n) is 9.51. The Bertz CT molecular complexity index is 712. The number of nitrogens with two attached hydrogens (primary N) is 1. The molecule has 0 atom stereocenters. The fourth-order valence-electron chi connectivity index (χ4n) is 3.61. The molecule has 0 unspecified atom stereocenters. The average molecular weight is 396 g/mol. The van der Waals surface area contributed by atoms with Gasteiger partial charge in [-0.3, -0.25) is 14.4 Å². The van der Waals surface area contributed by atoms with Crippen LogP contribution in [-0.4, -0.2) is 57.1 Å². The van der Waals surface area contributed by atoms with Crippen molar-refractivity contribution in [2.24, 2.45) is 5.73 Å². The first kappa shape index (κ1) is 19.8. The van der Waals surface area contributed by atoms with Gasteiger partial charge in [0.25, 0.3) is 5.91 Å². The molecular weight excluding hydrogens is 368 g/mol. The Morgan fingerprint density at radius 1 is 1.11 bits per heavy atom. The number of rotatable bonds is 6. The normalized spacial score (nSPS) is 17.2. The highest BCUT2D eigenvalue weighted by Crippen LogP contribution is 2.37. The highest BCUT2D eigenvalue weighted by atomic mass is 32.1. The summed E-state index contributed by atoms with van der Waals surface area (Å²) in [6.07, 6.45) is 4.53. The van der Waals surface area contributed by atoms with Crippen LogP contribution < -0.4 is 21.3 Å². The van der Waals surface area contributed by atoms with Crippen molar-refractivity contribution in [2.45, 2.75) is 32.1 Å². The van der Waals surface area contributed by atoms with Crippen LogP contribution in [0.1, 0.15) is 40.1 Å². The highest BCUT2D eigenvalue weighted by molar-refractivity contribution is 7.17. The molecule has 3 rings (SSSR count). The molecule has 2 aliphatic rings. The predicted octanol–water partition coefficient (Wildman–Crippen LogP) is -0.914. The van der Waals surface area contributed by atoms with E-state index in [9.17, 15) is 14.4 Å². The Morgan fingerprint density at radius 2 is 1.85 bits per heavy atom. The van der Waals surface area contributed by atoms with Crippen molar-refractivity contribution in [2.75, 3.05) is 44.7 Å². The van der Waals surface area contributed by atoms with E-state index in [1.807, 2.05) is 0 Å². The lowest BCUT2D eigenvalue weighted by molar-refractivity contribution is -0.908. The maximum absolute atomic E-state index is 12.2. The Kier molecular flexibility index (Phi) is 6.81. The van der Waals surface area contributed by atoms with Crippen molar-refractivity contribution >= 4 is 34.1 Å². The van der Waals surface area contributed by atoms with Crippen LogP contribution in [0.3, 0.4) is 0 Å². The van der Waals surface area contributed by atoms with Gasteiger partial charge in [-0.05, 0) is 31.2 Å². The summed E-state index contributed by atoms with van der Waals surface area (Å²) in [7, 11) is 0. The Balaban J connectivity index is 1.50. The number of aryl methyl sites for hydroxylation is 1. The zero-order chi connectivity index (χ0) is 19.2. The second kappa shape index (κ2) is 9.29. The zero-order valence-corrected chi connectivity index (χ0v) is 16.2. The van der Waals surface area contributed by atoms with E-state index in [2.05, 4.69) is 10.6 Å². The van der Waals surface area contributed by atoms with E-state index in [-0.39, 0.29) is 0 Å². The molecule has 27 heavy (non-hydrogen) atoms. The minimum absolute atomic E-state index is 0.367. The van der Waals surface area contributed by atoms with E-state index in [1.54, 1.807) is 0 Å². The molecule has 1 fully saturated rings. The van der Waals surface area contributed by atoms with Crippen LogP contribution >= 0.6 is 11.3 Å². The third-order valence-corrected chi connectivity index (χ3v) is 6.25. The van der Waals surface area contributed by atoms with E-state index >= 15 is 0 Å². The summed E-state index contributed by atoms with van der Waals surface area (Å²) < 4.78 is 5.31. The number of amides is 3. The number of fused-ring (bicyclic) bond motifs is 1. The number of ether oxygens (including phenoxy) is 1. The fraction of sp³-hybridized carbons (Fsp3) is 0.611. The van der Waals surface area contributed by atoms with Gasteiger partial charge in [0.2, 0.25) is 0 Å². The number of nitrogens with one attached hydrogen (secondary N) is 3. The second-order valence-corrected chi connectivity index (χ2v) is 8.06. The molecule has 3 amide bonds. The molecule has 1 aliphatic heterocycles. The van der Waals surface area contributed by atoms with E-state index in [4.69, 9.17) is 10.5 Å². The molecule has 5 N–H and O–H groups in total. The molecule has 1 saturated heterocycles. The third-order valence-electron chi connectivity index (χ3n) is 5.04. The van der Waals surface area contributed by atoms with Crippen LogP contribution in [0, 0.1) is 0 Å². The third kappa shape index (κ3) is 5.06. The molecule has 0 spiro atoms. The molecule has 1 aromatic rings. The number of primary amides is 1.